The summed E-state index contributed by atoms with van der Waals surface area (Å²) in [5.41, 5.74) is 0.976. The quantitative estimate of drug-likeness (QED) is 0.764. The molecule has 0 spiro atoms. The first-order chi connectivity index (χ1) is 12.9. The summed E-state index contributed by atoms with van der Waals surface area (Å²) < 4.78 is 41.9. The van der Waals surface area contributed by atoms with E-state index in [4.69, 9.17) is 0 Å². The first-order valence-corrected chi connectivity index (χ1v) is 8.42. The molecule has 0 saturated heterocycles. The van der Waals surface area contributed by atoms with Crippen LogP contribution in [0.1, 0.15) is 17.7 Å². The molecule has 3 heterocycles. The van der Waals surface area contributed by atoms with Crippen molar-refractivity contribution in [2.24, 2.45) is 5.92 Å². The van der Waals surface area contributed by atoms with E-state index in [1.807, 2.05) is 4.57 Å². The summed E-state index contributed by atoms with van der Waals surface area (Å²) in [6.07, 6.45) is 3.32. The van der Waals surface area contributed by atoms with Crippen LogP contribution in [0.2, 0.25) is 0 Å². The highest BCUT2D eigenvalue weighted by atomic mass is 19.4. The van der Waals surface area contributed by atoms with Gasteiger partial charge < -0.3 is 9.88 Å². The molecule has 1 aliphatic heterocycles. The minimum absolute atomic E-state index is 0.133. The number of rotatable bonds is 3. The summed E-state index contributed by atoms with van der Waals surface area (Å²) in [6, 6.07) is 4.86. The lowest BCUT2D eigenvalue weighted by Gasteiger charge is -2.22. The van der Waals surface area contributed by atoms with Crippen LogP contribution in [0.3, 0.4) is 0 Å². The van der Waals surface area contributed by atoms with Gasteiger partial charge in [-0.15, -0.1) is 0 Å². The van der Waals surface area contributed by atoms with E-state index >= 15 is 0 Å². The van der Waals surface area contributed by atoms with Crippen molar-refractivity contribution in [3.63, 3.8) is 0 Å². The van der Waals surface area contributed by atoms with Crippen molar-refractivity contribution in [1.82, 2.24) is 19.3 Å². The van der Waals surface area contributed by atoms with Crippen molar-refractivity contribution < 1.29 is 18.0 Å². The van der Waals surface area contributed by atoms with E-state index in [0.29, 0.717) is 18.5 Å². The van der Waals surface area contributed by atoms with Gasteiger partial charge in [-0.2, -0.15) is 18.3 Å². The van der Waals surface area contributed by atoms with Crippen LogP contribution in [0.5, 0.6) is 0 Å². The molecular formula is C18H16F3N5O. The van der Waals surface area contributed by atoms with Crippen molar-refractivity contribution in [3.8, 4) is 5.69 Å². The predicted molar refractivity (Wildman–Crippen MR) is 91.2 cm³/mol. The molecule has 1 atom stereocenters. The maximum Gasteiger partial charge on any atom is 0.416 e. The maximum absolute atomic E-state index is 12.9. The molecule has 1 amide bonds. The van der Waals surface area contributed by atoms with E-state index in [-0.39, 0.29) is 17.5 Å². The number of aromatic nitrogens is 4. The monoisotopic (exact) mass is 375 g/mol. The van der Waals surface area contributed by atoms with E-state index < -0.39 is 11.7 Å². The molecule has 1 aliphatic rings. The van der Waals surface area contributed by atoms with E-state index in [2.05, 4.69) is 15.4 Å². The lowest BCUT2D eigenvalue weighted by molar-refractivity contribution is -0.137. The number of carbonyl (C=O) groups is 1. The van der Waals surface area contributed by atoms with Crippen LogP contribution in [0.25, 0.3) is 5.69 Å². The van der Waals surface area contributed by atoms with Crippen molar-refractivity contribution >= 4 is 11.6 Å². The van der Waals surface area contributed by atoms with Crippen molar-refractivity contribution in [2.45, 2.75) is 25.6 Å². The summed E-state index contributed by atoms with van der Waals surface area (Å²) in [5.74, 6) is -0.308. The maximum atomic E-state index is 12.9. The summed E-state index contributed by atoms with van der Waals surface area (Å²) >= 11 is 0. The average molecular weight is 375 g/mol. The lowest BCUT2D eigenvalue weighted by atomic mass is 9.95. The van der Waals surface area contributed by atoms with Gasteiger partial charge in [0.15, 0.2) is 0 Å². The number of nitrogens with one attached hydrogen (secondary N) is 1. The highest BCUT2D eigenvalue weighted by molar-refractivity contribution is 5.92. The Morgan fingerprint density at radius 2 is 2.11 bits per heavy atom. The Balaban J connectivity index is 1.46. The Kier molecular flexibility index (Phi) is 4.21. The van der Waals surface area contributed by atoms with Crippen LogP contribution >= 0.6 is 0 Å². The van der Waals surface area contributed by atoms with Crippen LogP contribution in [-0.2, 0) is 23.9 Å². The van der Waals surface area contributed by atoms with E-state index in [0.717, 1.165) is 24.4 Å². The molecule has 1 N–H and O–H groups in total. The molecule has 2 aromatic heterocycles. The highest BCUT2D eigenvalue weighted by Gasteiger charge is 2.30. The molecule has 3 aromatic rings. The number of halogens is 3. The van der Waals surface area contributed by atoms with Gasteiger partial charge in [-0.1, -0.05) is 6.07 Å². The number of nitrogens with zero attached hydrogens (tertiary/aromatic N) is 4. The first kappa shape index (κ1) is 17.3. The summed E-state index contributed by atoms with van der Waals surface area (Å²) in [5, 5.41) is 6.85. The fourth-order valence-corrected chi connectivity index (χ4v) is 3.19. The molecule has 0 saturated carbocycles. The van der Waals surface area contributed by atoms with Gasteiger partial charge >= 0.3 is 6.18 Å². The lowest BCUT2D eigenvalue weighted by Crippen LogP contribution is -2.29. The molecule has 6 nitrogen and oxygen atoms in total. The van der Waals surface area contributed by atoms with Crippen molar-refractivity contribution in [3.05, 3.63) is 60.4 Å². The van der Waals surface area contributed by atoms with Gasteiger partial charge in [-0.3, -0.25) is 4.79 Å². The topological polar surface area (TPSA) is 64.7 Å². The number of hydrogen-bond acceptors (Lipinski definition) is 3. The zero-order chi connectivity index (χ0) is 19.0. The molecule has 140 valence electrons. The van der Waals surface area contributed by atoms with Gasteiger partial charge in [0.2, 0.25) is 5.91 Å². The number of carbonyl (C=O) groups excluding carboxylic acids is 1. The van der Waals surface area contributed by atoms with Crippen molar-refractivity contribution in [2.75, 3.05) is 5.32 Å². The third kappa shape index (κ3) is 3.57. The van der Waals surface area contributed by atoms with Gasteiger partial charge in [0, 0.05) is 30.8 Å². The molecular weight excluding hydrogens is 359 g/mol. The number of amides is 1. The third-order valence-electron chi connectivity index (χ3n) is 4.63. The molecule has 1 aromatic carbocycles. The second-order valence-electron chi connectivity index (χ2n) is 6.48. The minimum Gasteiger partial charge on any atom is -0.335 e. The van der Waals surface area contributed by atoms with Crippen LogP contribution in [-0.4, -0.2) is 25.2 Å². The molecule has 9 heteroatoms. The second-order valence-corrected chi connectivity index (χ2v) is 6.48. The van der Waals surface area contributed by atoms with Crippen LogP contribution in [0.4, 0.5) is 18.9 Å². The highest BCUT2D eigenvalue weighted by Crippen LogP contribution is 2.30. The Morgan fingerprint density at radius 1 is 1.26 bits per heavy atom. The number of hydrogen-bond donors (Lipinski definition) is 1. The zero-order valence-electron chi connectivity index (χ0n) is 14.1. The minimum atomic E-state index is -4.42. The number of aryl methyl sites for hydroxylation is 1. The fraction of sp³-hybridized carbons (Fsp3) is 0.278. The Hall–Kier alpha value is -3.10. The van der Waals surface area contributed by atoms with Crippen LogP contribution in [0.15, 0.2) is 49.2 Å². The van der Waals surface area contributed by atoms with Gasteiger partial charge in [-0.05, 0) is 24.6 Å². The molecule has 4 rings (SSSR count). The number of alkyl halides is 3. The van der Waals surface area contributed by atoms with Gasteiger partial charge in [0.05, 0.1) is 35.7 Å². The number of benzene rings is 1. The molecule has 27 heavy (non-hydrogen) atoms. The SMILES string of the molecule is O=C(Nc1cnn(-c2cccc(C(F)(F)F)c2)c1)[C@H]1CCn2cncc2C1. The van der Waals surface area contributed by atoms with Gasteiger partial charge in [0.25, 0.3) is 0 Å². The average Bonchev–Trinajstić information content (AvgIpc) is 3.29. The number of fused-ring (bicyclic) bond motifs is 1. The summed E-state index contributed by atoms with van der Waals surface area (Å²) in [6.45, 7) is 0.733. The fourth-order valence-electron chi connectivity index (χ4n) is 3.19. The molecule has 0 aliphatic carbocycles. The normalized spacial score (nSPS) is 16.8. The molecule has 0 unspecified atom stereocenters. The number of anilines is 1. The van der Waals surface area contributed by atoms with Gasteiger partial charge in [-0.25, -0.2) is 9.67 Å². The molecule has 0 bridgehead atoms. The first-order valence-electron chi connectivity index (χ1n) is 8.42. The summed E-state index contributed by atoms with van der Waals surface area (Å²) in [7, 11) is 0. The largest absolute Gasteiger partial charge is 0.416 e. The molecule has 0 radical (unpaired) electrons. The third-order valence-corrected chi connectivity index (χ3v) is 4.63. The van der Waals surface area contributed by atoms with Crippen molar-refractivity contribution in [1.29, 1.82) is 0 Å². The second kappa shape index (κ2) is 6.57. The Morgan fingerprint density at radius 3 is 2.93 bits per heavy atom. The van der Waals surface area contributed by atoms with Crippen LogP contribution < -0.4 is 5.32 Å². The van der Waals surface area contributed by atoms with E-state index in [1.165, 1.54) is 29.2 Å². The van der Waals surface area contributed by atoms with Gasteiger partial charge in [0.1, 0.15) is 0 Å². The Bertz CT molecular complexity index is 975. The van der Waals surface area contributed by atoms with E-state index in [9.17, 15) is 18.0 Å². The smallest absolute Gasteiger partial charge is 0.335 e. The zero-order valence-corrected chi connectivity index (χ0v) is 14.1. The number of imidazole rings is 1. The Labute approximate surface area is 152 Å². The van der Waals surface area contributed by atoms with E-state index in [1.54, 1.807) is 12.5 Å². The van der Waals surface area contributed by atoms with Crippen LogP contribution in [0, 0.1) is 5.92 Å². The molecule has 0 fully saturated rings. The predicted octanol–water partition coefficient (Wildman–Crippen LogP) is 3.29. The standard InChI is InChI=1S/C18H16F3N5O/c19-18(20,21)13-2-1-3-15(7-13)26-10-14(8-23-26)24-17(27)12-4-5-25-11-22-9-16(25)6-12/h1-3,7-12H,4-6H2,(H,24,27)/t12-/m0/s1. The summed E-state index contributed by atoms with van der Waals surface area (Å²) in [4.78, 5) is 16.6.